The van der Waals surface area contributed by atoms with E-state index in [0.29, 0.717) is 12.6 Å². The van der Waals surface area contributed by atoms with Crippen LogP contribution in [0.5, 0.6) is 0 Å². The summed E-state index contributed by atoms with van der Waals surface area (Å²) in [6.07, 6.45) is 2.04. The highest BCUT2D eigenvalue weighted by Gasteiger charge is 2.40. The largest absolute Gasteiger partial charge is 0.393 e. The molecule has 24 heavy (non-hydrogen) atoms. The van der Waals surface area contributed by atoms with Crippen LogP contribution in [0.2, 0.25) is 0 Å². The summed E-state index contributed by atoms with van der Waals surface area (Å²) in [6, 6.07) is 5.56. The summed E-state index contributed by atoms with van der Waals surface area (Å²) >= 11 is 0. The van der Waals surface area contributed by atoms with Gasteiger partial charge in [-0.25, -0.2) is 0 Å². The summed E-state index contributed by atoms with van der Waals surface area (Å²) in [5.74, 6) is 0. The molecule has 1 aromatic carbocycles. The van der Waals surface area contributed by atoms with Gasteiger partial charge in [-0.05, 0) is 38.8 Å². The number of ether oxygens (including phenoxy) is 1. The summed E-state index contributed by atoms with van der Waals surface area (Å²) in [5, 5.41) is 10.9. The Balaban J connectivity index is 1.72. The maximum atomic E-state index is 10.9. The molecule has 0 atom stereocenters. The number of piperidine rings is 1. The van der Waals surface area contributed by atoms with Gasteiger partial charge in [0.1, 0.15) is 5.69 Å². The van der Waals surface area contributed by atoms with Gasteiger partial charge in [0.2, 0.25) is 0 Å². The Bertz CT molecular complexity index is 612. The monoisotopic (exact) mass is 334 g/mol. The van der Waals surface area contributed by atoms with Crippen LogP contribution in [0.3, 0.4) is 0 Å². The van der Waals surface area contributed by atoms with Crippen LogP contribution in [0.15, 0.2) is 18.2 Å². The fourth-order valence-corrected chi connectivity index (χ4v) is 3.72. The maximum absolute atomic E-state index is 10.9. The third-order valence-electron chi connectivity index (χ3n) is 5.26. The molecule has 7 nitrogen and oxygen atoms in total. The van der Waals surface area contributed by atoms with Crippen LogP contribution in [-0.4, -0.2) is 54.3 Å². The average Bonchev–Trinajstić information content (AvgIpc) is 2.55. The molecule has 0 aliphatic carbocycles. The third-order valence-corrected chi connectivity index (χ3v) is 5.26. The van der Waals surface area contributed by atoms with Gasteiger partial charge in [-0.2, -0.15) is 0 Å². The van der Waals surface area contributed by atoms with E-state index < -0.39 is 4.92 Å². The van der Waals surface area contributed by atoms with Crippen molar-refractivity contribution in [1.29, 1.82) is 0 Å². The number of anilines is 2. The van der Waals surface area contributed by atoms with E-state index in [2.05, 4.69) is 23.6 Å². The van der Waals surface area contributed by atoms with Crippen molar-refractivity contribution >= 4 is 17.1 Å². The summed E-state index contributed by atoms with van der Waals surface area (Å²) in [7, 11) is 0. The topological polar surface area (TPSA) is 84.9 Å². The van der Waals surface area contributed by atoms with Crippen LogP contribution in [0, 0.1) is 10.1 Å². The minimum absolute atomic E-state index is 0.0352. The molecular formula is C17H26N4O3. The molecule has 0 saturated carbocycles. The number of hydrogen-bond acceptors (Lipinski definition) is 6. The molecule has 7 heteroatoms. The second-order valence-corrected chi connectivity index (χ2v) is 7.08. The van der Waals surface area contributed by atoms with Crippen LogP contribution in [-0.2, 0) is 4.74 Å². The van der Waals surface area contributed by atoms with Gasteiger partial charge in [-0.1, -0.05) is 0 Å². The normalized spacial score (nSPS) is 21.4. The van der Waals surface area contributed by atoms with Crippen molar-refractivity contribution in [2.24, 2.45) is 0 Å². The van der Waals surface area contributed by atoms with Gasteiger partial charge in [-0.3, -0.25) is 10.1 Å². The van der Waals surface area contributed by atoms with Crippen molar-refractivity contribution in [3.63, 3.8) is 0 Å². The summed E-state index contributed by atoms with van der Waals surface area (Å²) in [6.45, 7) is 8.83. The van der Waals surface area contributed by atoms with Crippen molar-refractivity contribution in [2.45, 2.75) is 38.3 Å². The van der Waals surface area contributed by atoms with Gasteiger partial charge in [0.25, 0.3) is 5.69 Å². The van der Waals surface area contributed by atoms with E-state index in [4.69, 9.17) is 10.5 Å². The molecule has 0 unspecified atom stereocenters. The van der Waals surface area contributed by atoms with E-state index in [1.54, 1.807) is 12.1 Å². The van der Waals surface area contributed by atoms with Crippen molar-refractivity contribution in [1.82, 2.24) is 4.90 Å². The number of nitro benzene ring substituents is 1. The zero-order valence-corrected chi connectivity index (χ0v) is 14.4. The zero-order chi connectivity index (χ0) is 17.3. The zero-order valence-electron chi connectivity index (χ0n) is 14.4. The SMILES string of the molecule is CC(C)N1CCC2(CC1)CN(c1ccc([N+](=O)[O-])c(N)c1)CCO2. The number of rotatable bonds is 3. The highest BCUT2D eigenvalue weighted by Crippen LogP contribution is 2.34. The number of morpholine rings is 1. The quantitative estimate of drug-likeness (QED) is 0.518. The molecule has 2 N–H and O–H groups in total. The van der Waals surface area contributed by atoms with E-state index >= 15 is 0 Å². The lowest BCUT2D eigenvalue weighted by Crippen LogP contribution is -2.57. The number of benzene rings is 1. The van der Waals surface area contributed by atoms with E-state index in [0.717, 1.165) is 44.7 Å². The highest BCUT2D eigenvalue weighted by atomic mass is 16.6. The summed E-state index contributed by atoms with van der Waals surface area (Å²) in [4.78, 5) is 15.2. The van der Waals surface area contributed by atoms with Gasteiger partial charge in [-0.15, -0.1) is 0 Å². The first kappa shape index (κ1) is 17.0. The Morgan fingerprint density at radius 1 is 1.29 bits per heavy atom. The van der Waals surface area contributed by atoms with Crippen molar-refractivity contribution in [3.8, 4) is 0 Å². The number of likely N-dealkylation sites (tertiary alicyclic amines) is 1. The lowest BCUT2D eigenvalue weighted by Gasteiger charge is -2.48. The first-order chi connectivity index (χ1) is 11.4. The van der Waals surface area contributed by atoms with E-state index in [-0.39, 0.29) is 17.0 Å². The smallest absolute Gasteiger partial charge is 0.292 e. The van der Waals surface area contributed by atoms with Crippen LogP contribution in [0.1, 0.15) is 26.7 Å². The van der Waals surface area contributed by atoms with Crippen LogP contribution in [0.25, 0.3) is 0 Å². The van der Waals surface area contributed by atoms with Crippen molar-refractivity contribution < 1.29 is 9.66 Å². The fraction of sp³-hybridized carbons (Fsp3) is 0.647. The molecule has 132 valence electrons. The first-order valence-corrected chi connectivity index (χ1v) is 8.57. The van der Waals surface area contributed by atoms with Crippen LogP contribution in [0.4, 0.5) is 17.1 Å². The first-order valence-electron chi connectivity index (χ1n) is 8.57. The predicted octanol–water partition coefficient (Wildman–Crippen LogP) is 2.26. The third kappa shape index (κ3) is 3.32. The Labute approximate surface area is 142 Å². The molecule has 0 aromatic heterocycles. The number of hydrogen-bond donors (Lipinski definition) is 1. The van der Waals surface area contributed by atoms with Crippen molar-refractivity contribution in [3.05, 3.63) is 28.3 Å². The van der Waals surface area contributed by atoms with E-state index in [1.165, 1.54) is 6.07 Å². The molecule has 1 spiro atoms. The minimum atomic E-state index is -0.443. The lowest BCUT2D eigenvalue weighted by molar-refractivity contribution is -0.383. The molecule has 3 rings (SSSR count). The molecule has 1 aromatic rings. The predicted molar refractivity (Wildman–Crippen MR) is 94.3 cm³/mol. The summed E-state index contributed by atoms with van der Waals surface area (Å²) < 4.78 is 6.17. The Hall–Kier alpha value is -1.86. The second kappa shape index (κ2) is 6.57. The Morgan fingerprint density at radius 3 is 2.58 bits per heavy atom. The van der Waals surface area contributed by atoms with Gasteiger partial charge in [0.05, 0.1) is 17.1 Å². The van der Waals surface area contributed by atoms with E-state index in [9.17, 15) is 10.1 Å². The Morgan fingerprint density at radius 2 is 2.00 bits per heavy atom. The van der Waals surface area contributed by atoms with Gasteiger partial charge >= 0.3 is 0 Å². The van der Waals surface area contributed by atoms with Crippen molar-refractivity contribution in [2.75, 3.05) is 43.4 Å². The minimum Gasteiger partial charge on any atom is -0.393 e. The second-order valence-electron chi connectivity index (χ2n) is 7.08. The summed E-state index contributed by atoms with van der Waals surface area (Å²) in [5.41, 5.74) is 6.85. The lowest BCUT2D eigenvalue weighted by atomic mass is 9.88. The number of nitrogens with zero attached hydrogens (tertiary/aromatic N) is 3. The molecule has 2 aliphatic heterocycles. The molecule has 0 bridgehead atoms. The molecule has 0 radical (unpaired) electrons. The van der Waals surface area contributed by atoms with Gasteiger partial charge in [0, 0.05) is 44.0 Å². The molecule has 2 saturated heterocycles. The number of nitrogen functional groups attached to an aromatic ring is 1. The molecular weight excluding hydrogens is 308 g/mol. The van der Waals surface area contributed by atoms with Crippen LogP contribution >= 0.6 is 0 Å². The molecule has 0 amide bonds. The Kier molecular flexibility index (Phi) is 4.64. The molecule has 2 aliphatic rings. The number of nitro groups is 1. The highest BCUT2D eigenvalue weighted by molar-refractivity contribution is 5.66. The van der Waals surface area contributed by atoms with Gasteiger partial charge in [0.15, 0.2) is 0 Å². The number of nitrogens with two attached hydrogens (primary N) is 1. The van der Waals surface area contributed by atoms with Gasteiger partial charge < -0.3 is 20.3 Å². The standard InChI is InChI=1S/C17H26N4O3/c1-13(2)19-7-5-17(6-8-19)12-20(9-10-24-17)14-3-4-16(21(22)23)15(18)11-14/h3-4,11,13H,5-10,12,18H2,1-2H3. The maximum Gasteiger partial charge on any atom is 0.292 e. The molecule has 2 heterocycles. The van der Waals surface area contributed by atoms with Crippen LogP contribution < -0.4 is 10.6 Å². The van der Waals surface area contributed by atoms with E-state index in [1.807, 2.05) is 0 Å². The average molecular weight is 334 g/mol. The molecule has 2 fully saturated rings. The fourth-order valence-electron chi connectivity index (χ4n) is 3.72.